The van der Waals surface area contributed by atoms with Crippen LogP contribution in [0.15, 0.2) is 21.9 Å². The van der Waals surface area contributed by atoms with Gasteiger partial charge in [0.05, 0.1) is 12.0 Å². The van der Waals surface area contributed by atoms with Crippen LogP contribution in [0.25, 0.3) is 11.0 Å². The van der Waals surface area contributed by atoms with Gasteiger partial charge in [-0.2, -0.15) is 0 Å². The molecule has 3 heterocycles. The molecular weight excluding hydrogens is 350 g/mol. The average Bonchev–Trinajstić information content (AvgIpc) is 3.08. The minimum absolute atomic E-state index is 0.0469. The zero-order chi connectivity index (χ0) is 19.6. The molecule has 1 aliphatic rings. The SMILES string of the molecule is COCC1(CNC(=O)Cn2ccc3c(=O)n(C)c(=O)n(C)c32)CCNCC1. The molecule has 1 saturated heterocycles. The van der Waals surface area contributed by atoms with Crippen molar-refractivity contribution in [1.82, 2.24) is 24.3 Å². The Labute approximate surface area is 156 Å². The molecule has 0 radical (unpaired) electrons. The molecule has 1 fully saturated rings. The van der Waals surface area contributed by atoms with E-state index in [0.29, 0.717) is 24.2 Å². The molecule has 0 atom stereocenters. The maximum Gasteiger partial charge on any atom is 0.332 e. The molecule has 1 amide bonds. The molecule has 148 valence electrons. The number of fused-ring (bicyclic) bond motifs is 1. The fraction of sp³-hybridized carbons (Fsp3) is 0.611. The maximum absolute atomic E-state index is 12.5. The summed E-state index contributed by atoms with van der Waals surface area (Å²) < 4.78 is 9.47. The number of amides is 1. The van der Waals surface area contributed by atoms with E-state index in [1.54, 1.807) is 31.0 Å². The second kappa shape index (κ2) is 7.69. The Morgan fingerprint density at radius 1 is 1.26 bits per heavy atom. The highest BCUT2D eigenvalue weighted by atomic mass is 16.5. The van der Waals surface area contributed by atoms with Crippen molar-refractivity contribution in [3.8, 4) is 0 Å². The Bertz CT molecular complexity index is 944. The molecule has 0 aliphatic carbocycles. The van der Waals surface area contributed by atoms with Gasteiger partial charge in [-0.05, 0) is 32.0 Å². The monoisotopic (exact) mass is 377 g/mol. The number of carbonyl (C=O) groups excluding carboxylic acids is 1. The van der Waals surface area contributed by atoms with Crippen LogP contribution < -0.4 is 21.9 Å². The topological polar surface area (TPSA) is 99.3 Å². The van der Waals surface area contributed by atoms with Gasteiger partial charge in [0.1, 0.15) is 12.2 Å². The van der Waals surface area contributed by atoms with Gasteiger partial charge in [0.2, 0.25) is 5.91 Å². The Morgan fingerprint density at radius 2 is 1.96 bits per heavy atom. The molecule has 1 aliphatic heterocycles. The number of methoxy groups -OCH3 is 1. The molecule has 9 heteroatoms. The number of hydrogen-bond acceptors (Lipinski definition) is 5. The number of ether oxygens (including phenoxy) is 1. The number of aryl methyl sites for hydroxylation is 1. The second-order valence-electron chi connectivity index (χ2n) is 7.35. The highest BCUT2D eigenvalue weighted by molar-refractivity contribution is 5.80. The molecule has 0 aromatic carbocycles. The summed E-state index contributed by atoms with van der Waals surface area (Å²) in [5.74, 6) is -0.158. The molecule has 3 rings (SSSR count). The standard InChI is InChI=1S/C18H27N5O4/c1-21-15-13(16(25)22(2)17(21)26)4-9-23(15)10-14(24)20-11-18(12-27-3)5-7-19-8-6-18/h4,9,19H,5-8,10-12H2,1-3H3,(H,20,24). The second-order valence-corrected chi connectivity index (χ2v) is 7.35. The summed E-state index contributed by atoms with van der Waals surface area (Å²) in [5.41, 5.74) is -0.383. The van der Waals surface area contributed by atoms with Crippen LogP contribution in [-0.2, 0) is 30.2 Å². The van der Waals surface area contributed by atoms with E-state index in [1.807, 2.05) is 0 Å². The smallest absolute Gasteiger partial charge is 0.332 e. The lowest BCUT2D eigenvalue weighted by Crippen LogP contribution is -2.47. The third-order valence-corrected chi connectivity index (χ3v) is 5.45. The number of rotatable bonds is 6. The molecule has 2 aromatic rings. The van der Waals surface area contributed by atoms with Crippen molar-refractivity contribution in [3.63, 3.8) is 0 Å². The number of carbonyl (C=O) groups is 1. The molecule has 0 spiro atoms. The summed E-state index contributed by atoms with van der Waals surface area (Å²) in [6.45, 7) is 3.01. The van der Waals surface area contributed by atoms with Crippen LogP contribution in [0.1, 0.15) is 12.8 Å². The Kier molecular flexibility index (Phi) is 5.52. The highest BCUT2D eigenvalue weighted by Crippen LogP contribution is 2.28. The van der Waals surface area contributed by atoms with Crippen molar-refractivity contribution in [2.75, 3.05) is 33.4 Å². The lowest BCUT2D eigenvalue weighted by molar-refractivity contribution is -0.122. The Morgan fingerprint density at radius 3 is 2.63 bits per heavy atom. The van der Waals surface area contributed by atoms with Crippen molar-refractivity contribution in [2.24, 2.45) is 19.5 Å². The number of nitrogens with zero attached hydrogens (tertiary/aromatic N) is 3. The van der Waals surface area contributed by atoms with E-state index in [1.165, 1.54) is 11.6 Å². The fourth-order valence-electron chi connectivity index (χ4n) is 3.85. The molecule has 0 bridgehead atoms. The van der Waals surface area contributed by atoms with Gasteiger partial charge in [0.25, 0.3) is 5.56 Å². The first kappa shape index (κ1) is 19.4. The van der Waals surface area contributed by atoms with E-state index in [2.05, 4.69) is 10.6 Å². The summed E-state index contributed by atoms with van der Waals surface area (Å²) in [6, 6.07) is 1.64. The van der Waals surface area contributed by atoms with Crippen molar-refractivity contribution < 1.29 is 9.53 Å². The third kappa shape index (κ3) is 3.70. The predicted molar refractivity (Wildman–Crippen MR) is 102 cm³/mol. The van der Waals surface area contributed by atoms with Crippen LogP contribution in [0.4, 0.5) is 0 Å². The maximum atomic E-state index is 12.5. The van der Waals surface area contributed by atoms with E-state index < -0.39 is 5.69 Å². The van der Waals surface area contributed by atoms with E-state index in [-0.39, 0.29) is 23.4 Å². The van der Waals surface area contributed by atoms with Crippen molar-refractivity contribution in [1.29, 1.82) is 0 Å². The van der Waals surface area contributed by atoms with E-state index in [9.17, 15) is 14.4 Å². The van der Waals surface area contributed by atoms with Crippen molar-refractivity contribution in [2.45, 2.75) is 19.4 Å². The first-order valence-electron chi connectivity index (χ1n) is 9.10. The van der Waals surface area contributed by atoms with Gasteiger partial charge in [0.15, 0.2) is 0 Å². The summed E-state index contributed by atoms with van der Waals surface area (Å²) in [4.78, 5) is 37.0. The molecule has 0 unspecified atom stereocenters. The number of aromatic nitrogens is 3. The molecular formula is C18H27N5O4. The predicted octanol–water partition coefficient (Wildman–Crippen LogP) is -0.829. The highest BCUT2D eigenvalue weighted by Gasteiger charge is 2.32. The van der Waals surface area contributed by atoms with Gasteiger partial charge >= 0.3 is 5.69 Å². The Balaban J connectivity index is 1.77. The first-order valence-corrected chi connectivity index (χ1v) is 9.10. The zero-order valence-electron chi connectivity index (χ0n) is 16.1. The largest absolute Gasteiger partial charge is 0.384 e. The molecule has 2 aromatic heterocycles. The van der Waals surface area contributed by atoms with Gasteiger partial charge in [0, 0.05) is 39.4 Å². The van der Waals surface area contributed by atoms with Crippen LogP contribution in [0.5, 0.6) is 0 Å². The molecule has 2 N–H and O–H groups in total. The van der Waals surface area contributed by atoms with Gasteiger partial charge in [-0.15, -0.1) is 0 Å². The average molecular weight is 377 g/mol. The van der Waals surface area contributed by atoms with Crippen LogP contribution in [0.3, 0.4) is 0 Å². The summed E-state index contributed by atoms with van der Waals surface area (Å²) in [7, 11) is 4.72. The zero-order valence-corrected chi connectivity index (χ0v) is 16.1. The quantitative estimate of drug-likeness (QED) is 0.685. The van der Waals surface area contributed by atoms with Crippen molar-refractivity contribution >= 4 is 16.9 Å². The minimum atomic E-state index is -0.415. The third-order valence-electron chi connectivity index (χ3n) is 5.45. The van der Waals surface area contributed by atoms with Crippen molar-refractivity contribution in [3.05, 3.63) is 33.1 Å². The number of nitrogens with one attached hydrogen (secondary N) is 2. The van der Waals surface area contributed by atoms with E-state index in [0.717, 1.165) is 30.5 Å². The van der Waals surface area contributed by atoms with E-state index >= 15 is 0 Å². The summed E-state index contributed by atoms with van der Waals surface area (Å²) in [6.07, 6.45) is 3.55. The minimum Gasteiger partial charge on any atom is -0.384 e. The normalized spacial score (nSPS) is 16.6. The lowest BCUT2D eigenvalue weighted by atomic mass is 9.79. The van der Waals surface area contributed by atoms with Crippen LogP contribution in [-0.4, -0.2) is 53.0 Å². The van der Waals surface area contributed by atoms with Gasteiger partial charge in [-0.25, -0.2) is 4.79 Å². The number of hydrogen-bond donors (Lipinski definition) is 2. The summed E-state index contributed by atoms with van der Waals surface area (Å²) >= 11 is 0. The molecule has 0 saturated carbocycles. The fourth-order valence-corrected chi connectivity index (χ4v) is 3.85. The van der Waals surface area contributed by atoms with Gasteiger partial charge in [-0.1, -0.05) is 0 Å². The van der Waals surface area contributed by atoms with Crippen LogP contribution in [0.2, 0.25) is 0 Å². The lowest BCUT2D eigenvalue weighted by Gasteiger charge is -2.37. The number of piperidine rings is 1. The van der Waals surface area contributed by atoms with E-state index in [4.69, 9.17) is 4.74 Å². The molecule has 27 heavy (non-hydrogen) atoms. The summed E-state index contributed by atoms with van der Waals surface area (Å²) in [5, 5.41) is 6.75. The van der Waals surface area contributed by atoms with Gasteiger partial charge < -0.3 is 19.9 Å². The van der Waals surface area contributed by atoms with Crippen LogP contribution >= 0.6 is 0 Å². The Hall–Kier alpha value is -2.39. The first-order chi connectivity index (χ1) is 12.9. The van der Waals surface area contributed by atoms with Crippen LogP contribution in [0, 0.1) is 5.41 Å². The van der Waals surface area contributed by atoms with Gasteiger partial charge in [-0.3, -0.25) is 18.7 Å². The molecule has 9 nitrogen and oxygen atoms in total.